The van der Waals surface area contributed by atoms with Crippen molar-refractivity contribution in [2.24, 2.45) is 5.92 Å². The first-order chi connectivity index (χ1) is 11.2. The molecule has 130 valence electrons. The van der Waals surface area contributed by atoms with Crippen molar-refractivity contribution in [1.29, 1.82) is 0 Å². The van der Waals surface area contributed by atoms with Crippen molar-refractivity contribution in [2.45, 2.75) is 77.7 Å². The number of rotatable bonds is 8. The summed E-state index contributed by atoms with van der Waals surface area (Å²) in [5.74, 6) is 1.33. The summed E-state index contributed by atoms with van der Waals surface area (Å²) in [6.45, 7) is 4.16. The number of aliphatic hydroxyl groups is 1. The lowest BCUT2D eigenvalue weighted by molar-refractivity contribution is -0.121. The average molecular weight is 322 g/mol. The minimum absolute atomic E-state index is 0.0154. The highest BCUT2D eigenvalue weighted by Gasteiger charge is 2.25. The standard InChI is InChI=1S/C18H30N2O3/c1-3-15-14(17(4-2)23-20-15)12-18(22)19-16(10-11-21)13-8-6-5-7-9-13/h13,16,21H,3-12H2,1-2H3,(H,19,22). The number of aliphatic hydroxyl groups excluding tert-OH is 1. The van der Waals surface area contributed by atoms with Crippen LogP contribution in [0.1, 0.15) is 69.4 Å². The van der Waals surface area contributed by atoms with Crippen LogP contribution in [0.15, 0.2) is 4.52 Å². The zero-order valence-electron chi connectivity index (χ0n) is 14.4. The second-order valence-corrected chi connectivity index (χ2v) is 6.50. The minimum atomic E-state index is 0.0154. The van der Waals surface area contributed by atoms with E-state index < -0.39 is 0 Å². The number of hydrogen-bond donors (Lipinski definition) is 2. The van der Waals surface area contributed by atoms with Gasteiger partial charge in [-0.05, 0) is 31.6 Å². The Morgan fingerprint density at radius 3 is 2.65 bits per heavy atom. The molecule has 1 aromatic rings. The van der Waals surface area contributed by atoms with E-state index in [1.54, 1.807) is 0 Å². The van der Waals surface area contributed by atoms with E-state index in [1.807, 2.05) is 13.8 Å². The maximum Gasteiger partial charge on any atom is 0.224 e. The van der Waals surface area contributed by atoms with Gasteiger partial charge in [0.2, 0.25) is 5.91 Å². The van der Waals surface area contributed by atoms with Crippen LogP contribution in [0.25, 0.3) is 0 Å². The van der Waals surface area contributed by atoms with E-state index in [1.165, 1.54) is 19.3 Å². The third-order valence-corrected chi connectivity index (χ3v) is 4.95. The van der Waals surface area contributed by atoms with Gasteiger partial charge in [-0.1, -0.05) is 38.3 Å². The summed E-state index contributed by atoms with van der Waals surface area (Å²) in [7, 11) is 0. The Balaban J connectivity index is 1.99. The molecule has 1 saturated carbocycles. The van der Waals surface area contributed by atoms with Crippen LogP contribution in [0.5, 0.6) is 0 Å². The van der Waals surface area contributed by atoms with Crippen LogP contribution in [-0.2, 0) is 24.1 Å². The van der Waals surface area contributed by atoms with Gasteiger partial charge in [0, 0.05) is 24.6 Å². The second kappa shape index (κ2) is 9.06. The molecule has 1 fully saturated rings. The third kappa shape index (κ3) is 4.80. The molecule has 1 aliphatic carbocycles. The molecule has 5 heteroatoms. The van der Waals surface area contributed by atoms with Crippen molar-refractivity contribution in [1.82, 2.24) is 10.5 Å². The SMILES string of the molecule is CCc1noc(CC)c1CC(=O)NC(CCO)C1CCCCC1. The van der Waals surface area contributed by atoms with E-state index in [4.69, 9.17) is 4.52 Å². The summed E-state index contributed by atoms with van der Waals surface area (Å²) in [5.41, 5.74) is 1.83. The molecule has 0 aromatic carbocycles. The molecule has 1 unspecified atom stereocenters. The van der Waals surface area contributed by atoms with Gasteiger partial charge in [0.05, 0.1) is 12.1 Å². The molecule has 1 atom stereocenters. The number of aryl methyl sites for hydroxylation is 2. The molecule has 1 aliphatic rings. The fourth-order valence-corrected chi connectivity index (χ4v) is 3.66. The highest BCUT2D eigenvalue weighted by Crippen LogP contribution is 2.28. The quantitative estimate of drug-likeness (QED) is 0.771. The Bertz CT molecular complexity index is 471. The molecular formula is C18H30N2O3. The lowest BCUT2D eigenvalue weighted by Crippen LogP contribution is -2.42. The van der Waals surface area contributed by atoms with Crippen LogP contribution in [-0.4, -0.2) is 28.8 Å². The number of hydrogen-bond acceptors (Lipinski definition) is 4. The summed E-state index contributed by atoms with van der Waals surface area (Å²) >= 11 is 0. The third-order valence-electron chi connectivity index (χ3n) is 4.95. The van der Waals surface area contributed by atoms with Crippen molar-refractivity contribution < 1.29 is 14.4 Å². The molecule has 2 N–H and O–H groups in total. The predicted octanol–water partition coefficient (Wildman–Crippen LogP) is 2.79. The molecule has 2 rings (SSSR count). The van der Waals surface area contributed by atoms with Gasteiger partial charge in [-0.2, -0.15) is 0 Å². The van der Waals surface area contributed by atoms with E-state index in [2.05, 4.69) is 10.5 Å². The number of amides is 1. The first-order valence-corrected chi connectivity index (χ1v) is 9.06. The van der Waals surface area contributed by atoms with Crippen molar-refractivity contribution >= 4 is 5.91 Å². The van der Waals surface area contributed by atoms with Crippen molar-refractivity contribution in [3.05, 3.63) is 17.0 Å². The summed E-state index contributed by atoms with van der Waals surface area (Å²) < 4.78 is 5.34. The van der Waals surface area contributed by atoms with Gasteiger partial charge in [-0.25, -0.2) is 0 Å². The van der Waals surface area contributed by atoms with Crippen molar-refractivity contribution in [3.63, 3.8) is 0 Å². The average Bonchev–Trinajstić information content (AvgIpc) is 2.97. The van der Waals surface area contributed by atoms with Gasteiger partial charge in [-0.15, -0.1) is 0 Å². The smallest absolute Gasteiger partial charge is 0.224 e. The van der Waals surface area contributed by atoms with Crippen LogP contribution < -0.4 is 5.32 Å². The highest BCUT2D eigenvalue weighted by molar-refractivity contribution is 5.79. The van der Waals surface area contributed by atoms with Crippen molar-refractivity contribution in [2.75, 3.05) is 6.61 Å². The molecule has 0 radical (unpaired) electrons. The van der Waals surface area contributed by atoms with Gasteiger partial charge in [0.25, 0.3) is 0 Å². The van der Waals surface area contributed by atoms with E-state index in [9.17, 15) is 9.90 Å². The van der Waals surface area contributed by atoms with E-state index in [0.29, 0.717) is 18.8 Å². The fraction of sp³-hybridized carbons (Fsp3) is 0.778. The molecule has 5 nitrogen and oxygen atoms in total. The highest BCUT2D eigenvalue weighted by atomic mass is 16.5. The monoisotopic (exact) mass is 322 g/mol. The zero-order chi connectivity index (χ0) is 16.7. The van der Waals surface area contributed by atoms with Crippen LogP contribution in [0, 0.1) is 5.92 Å². The maximum atomic E-state index is 12.5. The summed E-state index contributed by atoms with van der Waals surface area (Å²) in [4.78, 5) is 12.5. The van der Waals surface area contributed by atoms with Crippen LogP contribution in [0.4, 0.5) is 0 Å². The lowest BCUT2D eigenvalue weighted by atomic mass is 9.82. The number of carbonyl (C=O) groups excluding carboxylic acids is 1. The Kier molecular flexibility index (Phi) is 7.09. The topological polar surface area (TPSA) is 75.4 Å². The summed E-state index contributed by atoms with van der Waals surface area (Å²) in [6.07, 6.45) is 8.54. The molecule has 0 saturated heterocycles. The Labute approximate surface area is 138 Å². The first kappa shape index (κ1) is 18.0. The molecular weight excluding hydrogens is 292 g/mol. The van der Waals surface area contributed by atoms with E-state index >= 15 is 0 Å². The summed E-state index contributed by atoms with van der Waals surface area (Å²) in [6, 6.07) is 0.0859. The van der Waals surface area contributed by atoms with E-state index in [-0.39, 0.29) is 18.6 Å². The molecule has 23 heavy (non-hydrogen) atoms. The van der Waals surface area contributed by atoms with E-state index in [0.717, 1.165) is 42.7 Å². The van der Waals surface area contributed by atoms with Gasteiger partial charge in [0.1, 0.15) is 5.76 Å². The Morgan fingerprint density at radius 2 is 2.04 bits per heavy atom. The zero-order valence-corrected chi connectivity index (χ0v) is 14.4. The molecule has 0 spiro atoms. The lowest BCUT2D eigenvalue weighted by Gasteiger charge is -2.30. The normalized spacial score (nSPS) is 17.2. The number of nitrogens with zero attached hydrogens (tertiary/aromatic N) is 1. The predicted molar refractivity (Wildman–Crippen MR) is 89.2 cm³/mol. The fourth-order valence-electron chi connectivity index (χ4n) is 3.66. The van der Waals surface area contributed by atoms with Crippen LogP contribution >= 0.6 is 0 Å². The van der Waals surface area contributed by atoms with Gasteiger partial charge < -0.3 is 14.9 Å². The Morgan fingerprint density at radius 1 is 1.30 bits per heavy atom. The first-order valence-electron chi connectivity index (χ1n) is 9.06. The van der Waals surface area contributed by atoms with Crippen molar-refractivity contribution in [3.8, 4) is 0 Å². The number of carbonyl (C=O) groups is 1. The molecule has 0 bridgehead atoms. The van der Waals surface area contributed by atoms with Gasteiger partial charge in [0.15, 0.2) is 0 Å². The Hall–Kier alpha value is -1.36. The molecule has 1 aromatic heterocycles. The minimum Gasteiger partial charge on any atom is -0.396 e. The molecule has 1 amide bonds. The second-order valence-electron chi connectivity index (χ2n) is 6.50. The number of nitrogens with one attached hydrogen (secondary N) is 1. The largest absolute Gasteiger partial charge is 0.396 e. The van der Waals surface area contributed by atoms with Crippen LogP contribution in [0.2, 0.25) is 0 Å². The maximum absolute atomic E-state index is 12.5. The summed E-state index contributed by atoms with van der Waals surface area (Å²) in [5, 5.41) is 16.6. The number of aromatic nitrogens is 1. The van der Waals surface area contributed by atoms with Gasteiger partial charge in [-0.3, -0.25) is 4.79 Å². The molecule has 1 heterocycles. The molecule has 0 aliphatic heterocycles. The van der Waals surface area contributed by atoms with Gasteiger partial charge >= 0.3 is 0 Å². The van der Waals surface area contributed by atoms with Crippen LogP contribution in [0.3, 0.4) is 0 Å².